The van der Waals surface area contributed by atoms with Gasteiger partial charge in [0.2, 0.25) is 0 Å². The molecule has 0 amide bonds. The molecule has 2 aromatic carbocycles. The quantitative estimate of drug-likeness (QED) is 0.454. The van der Waals surface area contributed by atoms with E-state index in [1.54, 1.807) is 6.07 Å². The van der Waals surface area contributed by atoms with E-state index in [2.05, 4.69) is 9.17 Å². The fraction of sp³-hybridized carbons (Fsp3) is 0.250. The number of aryl methyl sites for hydroxylation is 1. The van der Waals surface area contributed by atoms with Crippen molar-refractivity contribution in [2.45, 2.75) is 31.2 Å². The molecule has 0 unspecified atom stereocenters. The van der Waals surface area contributed by atoms with E-state index in [0.717, 1.165) is 42.8 Å². The fourth-order valence-electron chi connectivity index (χ4n) is 3.47. The maximum absolute atomic E-state index is 12.8. The first kappa shape index (κ1) is 19.5. The van der Waals surface area contributed by atoms with Crippen LogP contribution >= 0.6 is 0 Å². The topological polar surface area (TPSA) is 61.2 Å². The van der Waals surface area contributed by atoms with Crippen molar-refractivity contribution in [2.24, 2.45) is 0 Å². The first-order valence-corrected chi connectivity index (χ1v) is 10.4. The molecule has 1 aliphatic rings. The third-order valence-corrected chi connectivity index (χ3v) is 5.72. The Morgan fingerprint density at radius 1 is 0.931 bits per heavy atom. The summed E-state index contributed by atoms with van der Waals surface area (Å²) in [5.74, 6) is -0.0552. The lowest BCUT2D eigenvalue weighted by Crippen LogP contribution is -2.28. The summed E-state index contributed by atoms with van der Waals surface area (Å²) in [7, 11) is -5.80. The van der Waals surface area contributed by atoms with E-state index in [4.69, 9.17) is 0 Å². The molecule has 0 saturated carbocycles. The summed E-state index contributed by atoms with van der Waals surface area (Å²) in [6.07, 6.45) is 3.48. The molecular formula is C20H17F3N2O3S. The van der Waals surface area contributed by atoms with Crippen LogP contribution < -0.4 is 4.18 Å². The zero-order valence-corrected chi connectivity index (χ0v) is 16.0. The largest absolute Gasteiger partial charge is 0.534 e. The Kier molecular flexibility index (Phi) is 4.85. The lowest BCUT2D eigenvalue weighted by Gasteiger charge is -2.17. The van der Waals surface area contributed by atoms with E-state index in [-0.39, 0.29) is 5.56 Å². The third kappa shape index (κ3) is 3.62. The molecule has 1 aliphatic carbocycles. The molecule has 0 N–H and O–H groups in total. The molecule has 1 heterocycles. The number of benzene rings is 2. The molecule has 4 rings (SSSR count). The maximum Gasteiger partial charge on any atom is 0.534 e. The number of halogens is 3. The summed E-state index contributed by atoms with van der Waals surface area (Å²) in [4.78, 5) is 4.66. The molecule has 1 aromatic heterocycles. The van der Waals surface area contributed by atoms with E-state index in [0.29, 0.717) is 5.82 Å². The van der Waals surface area contributed by atoms with Crippen molar-refractivity contribution in [3.8, 4) is 22.8 Å². The van der Waals surface area contributed by atoms with Gasteiger partial charge in [0, 0.05) is 11.4 Å². The lowest BCUT2D eigenvalue weighted by atomic mass is 10.0. The summed E-state index contributed by atoms with van der Waals surface area (Å²) in [6.45, 7) is 0. The average molecular weight is 422 g/mol. The lowest BCUT2D eigenvalue weighted by molar-refractivity contribution is -0.0499. The van der Waals surface area contributed by atoms with E-state index < -0.39 is 21.4 Å². The summed E-state index contributed by atoms with van der Waals surface area (Å²) >= 11 is 0. The number of fused-ring (bicyclic) bond motifs is 1. The Morgan fingerprint density at radius 2 is 1.59 bits per heavy atom. The van der Waals surface area contributed by atoms with Gasteiger partial charge in [-0.1, -0.05) is 30.3 Å². The van der Waals surface area contributed by atoms with Crippen LogP contribution in [0.3, 0.4) is 0 Å². The Hall–Kier alpha value is -2.81. The molecule has 152 valence electrons. The zero-order chi connectivity index (χ0) is 20.6. The van der Waals surface area contributed by atoms with Gasteiger partial charge in [-0.25, -0.2) is 4.98 Å². The highest BCUT2D eigenvalue weighted by molar-refractivity contribution is 7.88. The number of aromatic nitrogens is 2. The number of para-hydroxylation sites is 2. The van der Waals surface area contributed by atoms with Gasteiger partial charge in [-0.15, -0.1) is 0 Å². The second kappa shape index (κ2) is 7.22. The van der Waals surface area contributed by atoms with Crippen molar-refractivity contribution in [1.82, 2.24) is 9.55 Å². The molecule has 5 nitrogen and oxygen atoms in total. The predicted octanol–water partition coefficient (Wildman–Crippen LogP) is 4.65. The average Bonchev–Trinajstić information content (AvgIpc) is 3.07. The monoisotopic (exact) mass is 422 g/mol. The van der Waals surface area contributed by atoms with Gasteiger partial charge in [-0.3, -0.25) is 4.57 Å². The van der Waals surface area contributed by atoms with E-state index >= 15 is 0 Å². The van der Waals surface area contributed by atoms with Crippen molar-refractivity contribution in [3.05, 3.63) is 66.0 Å². The highest BCUT2D eigenvalue weighted by Gasteiger charge is 2.49. The van der Waals surface area contributed by atoms with Gasteiger partial charge in [0.15, 0.2) is 5.75 Å². The van der Waals surface area contributed by atoms with E-state index in [1.165, 1.54) is 18.2 Å². The van der Waals surface area contributed by atoms with Crippen molar-refractivity contribution in [3.63, 3.8) is 0 Å². The normalized spacial score (nSPS) is 14.4. The van der Waals surface area contributed by atoms with Gasteiger partial charge in [0.1, 0.15) is 5.82 Å². The second-order valence-corrected chi connectivity index (χ2v) is 8.22. The molecule has 0 bridgehead atoms. The van der Waals surface area contributed by atoms with Crippen LogP contribution in [0, 0.1) is 0 Å². The molecule has 0 spiro atoms. The number of nitrogens with zero attached hydrogens (tertiary/aromatic N) is 2. The summed E-state index contributed by atoms with van der Waals surface area (Å²) in [5.41, 5.74) is -2.70. The SMILES string of the molecule is O=S(=O)(Oc1ccccc1-c1nc2c(n1-c1ccccc1)CCCC2)C(F)(F)F. The fourth-order valence-corrected chi connectivity index (χ4v) is 3.94. The number of hydrogen-bond acceptors (Lipinski definition) is 4. The minimum atomic E-state index is -5.80. The zero-order valence-electron chi connectivity index (χ0n) is 15.2. The van der Waals surface area contributed by atoms with Crippen molar-refractivity contribution >= 4 is 10.1 Å². The smallest absolute Gasteiger partial charge is 0.375 e. The van der Waals surface area contributed by atoms with E-state index in [9.17, 15) is 21.6 Å². The summed E-state index contributed by atoms with van der Waals surface area (Å²) < 4.78 is 68.0. The van der Waals surface area contributed by atoms with E-state index in [1.807, 2.05) is 34.9 Å². The minimum absolute atomic E-state index is 0.179. The van der Waals surface area contributed by atoms with Crippen molar-refractivity contribution in [2.75, 3.05) is 0 Å². The van der Waals surface area contributed by atoms with Crippen molar-refractivity contribution in [1.29, 1.82) is 0 Å². The van der Waals surface area contributed by atoms with Crippen LogP contribution in [0.15, 0.2) is 54.6 Å². The standard InChI is InChI=1S/C20H17F3N2O3S/c21-20(22,23)29(26,27)28-18-13-7-4-10-15(18)19-24-16-11-5-6-12-17(16)25(19)14-8-2-1-3-9-14/h1-4,7-10,13H,5-6,11-12H2. The Labute approximate surface area is 165 Å². The first-order valence-electron chi connectivity index (χ1n) is 9.04. The number of imidazole rings is 1. The summed E-state index contributed by atoms with van der Waals surface area (Å²) in [5, 5.41) is 0. The first-order chi connectivity index (χ1) is 13.8. The van der Waals surface area contributed by atoms with Crippen molar-refractivity contribution < 1.29 is 25.8 Å². The molecule has 9 heteroatoms. The number of alkyl halides is 3. The van der Waals surface area contributed by atoms with Gasteiger partial charge < -0.3 is 4.18 Å². The Balaban J connectivity index is 1.90. The predicted molar refractivity (Wildman–Crippen MR) is 101 cm³/mol. The molecule has 0 atom stereocenters. The molecule has 0 aliphatic heterocycles. The highest BCUT2D eigenvalue weighted by Crippen LogP contribution is 2.37. The van der Waals surface area contributed by atoms with Crippen LogP contribution in [-0.4, -0.2) is 23.5 Å². The van der Waals surface area contributed by atoms with Crippen LogP contribution in [0.4, 0.5) is 13.2 Å². The molecule has 0 saturated heterocycles. The molecule has 0 radical (unpaired) electrons. The highest BCUT2D eigenvalue weighted by atomic mass is 32.2. The molecule has 0 fully saturated rings. The van der Waals surface area contributed by atoms with Gasteiger partial charge in [-0.05, 0) is 49.9 Å². The minimum Gasteiger partial charge on any atom is -0.375 e. The Morgan fingerprint density at radius 3 is 2.31 bits per heavy atom. The van der Waals surface area contributed by atoms with Crippen LogP contribution in [-0.2, 0) is 23.0 Å². The Bertz CT molecular complexity index is 1140. The van der Waals surface area contributed by atoms with Crippen LogP contribution in [0.2, 0.25) is 0 Å². The maximum atomic E-state index is 12.8. The number of hydrogen-bond donors (Lipinski definition) is 0. The molecule has 29 heavy (non-hydrogen) atoms. The van der Waals surface area contributed by atoms with Crippen LogP contribution in [0.1, 0.15) is 24.2 Å². The van der Waals surface area contributed by atoms with Gasteiger partial charge >= 0.3 is 15.6 Å². The molecule has 3 aromatic rings. The van der Waals surface area contributed by atoms with Crippen LogP contribution in [0.5, 0.6) is 5.75 Å². The van der Waals surface area contributed by atoms with Gasteiger partial charge in [0.25, 0.3) is 0 Å². The van der Waals surface area contributed by atoms with Gasteiger partial charge in [-0.2, -0.15) is 21.6 Å². The third-order valence-electron chi connectivity index (χ3n) is 4.76. The number of rotatable bonds is 4. The second-order valence-electron chi connectivity index (χ2n) is 6.69. The van der Waals surface area contributed by atoms with Crippen LogP contribution in [0.25, 0.3) is 17.1 Å². The van der Waals surface area contributed by atoms with Gasteiger partial charge in [0.05, 0.1) is 11.3 Å². The molecular weight excluding hydrogens is 405 g/mol. The summed E-state index contributed by atoms with van der Waals surface area (Å²) in [6, 6.07) is 15.0.